The number of carbonyl (C=O) groups is 3. The monoisotopic (exact) mass is 458 g/mol. The molecule has 0 radical (unpaired) electrons. The SMILES string of the molecule is COCCOC(=O)C1=C(C)NC2=C(C(=O)C(C(=O)OC)C(C)C2)C1c1ccccc1[N+](=O)[O-]. The van der Waals surface area contributed by atoms with Crippen molar-refractivity contribution in [2.75, 3.05) is 27.4 Å². The van der Waals surface area contributed by atoms with Crippen LogP contribution >= 0.6 is 0 Å². The van der Waals surface area contributed by atoms with E-state index >= 15 is 0 Å². The number of hydrogen-bond acceptors (Lipinski definition) is 9. The molecule has 0 saturated carbocycles. The number of nitro benzene ring substituents is 1. The van der Waals surface area contributed by atoms with Crippen LogP contribution in [0.1, 0.15) is 31.7 Å². The predicted molar refractivity (Wildman–Crippen MR) is 116 cm³/mol. The lowest BCUT2D eigenvalue weighted by Crippen LogP contribution is -2.43. The number of benzene rings is 1. The fraction of sp³-hybridized carbons (Fsp3) is 0.435. The van der Waals surface area contributed by atoms with Crippen LogP contribution in [-0.2, 0) is 28.6 Å². The number of nitro groups is 1. The molecule has 1 aliphatic heterocycles. The summed E-state index contributed by atoms with van der Waals surface area (Å²) in [4.78, 5) is 50.4. The molecule has 3 atom stereocenters. The van der Waals surface area contributed by atoms with Crippen LogP contribution in [0.3, 0.4) is 0 Å². The van der Waals surface area contributed by atoms with Gasteiger partial charge in [0.05, 0.1) is 30.1 Å². The predicted octanol–water partition coefficient (Wildman–Crippen LogP) is 2.40. The van der Waals surface area contributed by atoms with E-state index in [0.717, 1.165) is 0 Å². The van der Waals surface area contributed by atoms with Gasteiger partial charge in [0.2, 0.25) is 0 Å². The number of ketones is 1. The minimum Gasteiger partial charge on any atom is -0.468 e. The Morgan fingerprint density at radius 1 is 1.21 bits per heavy atom. The standard InChI is InChI=1S/C23H26N2O8/c1-12-11-15-20(21(26)17(12)22(27)32-4)19(14-7-5-6-8-16(14)25(29)30)18(13(2)24-15)23(28)33-10-9-31-3/h5-8,12,17,19,24H,9-11H2,1-4H3. The minimum absolute atomic E-state index is 0.0304. The summed E-state index contributed by atoms with van der Waals surface area (Å²) >= 11 is 0. The first-order chi connectivity index (χ1) is 15.7. The summed E-state index contributed by atoms with van der Waals surface area (Å²) in [7, 11) is 2.66. The molecule has 1 aromatic carbocycles. The van der Waals surface area contributed by atoms with Gasteiger partial charge in [0, 0.05) is 35.7 Å². The first-order valence-corrected chi connectivity index (χ1v) is 10.4. The van der Waals surface area contributed by atoms with E-state index in [0.29, 0.717) is 17.8 Å². The number of nitrogens with zero attached hydrogens (tertiary/aromatic N) is 1. The highest BCUT2D eigenvalue weighted by Crippen LogP contribution is 2.47. The molecule has 1 heterocycles. The van der Waals surface area contributed by atoms with Crippen molar-refractivity contribution < 1.29 is 33.5 Å². The quantitative estimate of drug-likeness (QED) is 0.215. The van der Waals surface area contributed by atoms with Gasteiger partial charge >= 0.3 is 11.9 Å². The average molecular weight is 458 g/mol. The fourth-order valence-corrected chi connectivity index (χ4v) is 4.46. The van der Waals surface area contributed by atoms with Crippen LogP contribution < -0.4 is 5.32 Å². The van der Waals surface area contributed by atoms with Crippen molar-refractivity contribution in [3.63, 3.8) is 0 Å². The number of hydrogen-bond donors (Lipinski definition) is 1. The molecule has 10 heteroatoms. The fourth-order valence-electron chi connectivity index (χ4n) is 4.46. The molecule has 0 spiro atoms. The highest BCUT2D eigenvalue weighted by Gasteiger charge is 2.48. The van der Waals surface area contributed by atoms with E-state index in [1.54, 1.807) is 19.9 Å². The van der Waals surface area contributed by atoms with Gasteiger partial charge < -0.3 is 19.5 Å². The number of rotatable bonds is 7. The number of methoxy groups -OCH3 is 2. The Morgan fingerprint density at radius 3 is 2.55 bits per heavy atom. The van der Waals surface area contributed by atoms with Gasteiger partial charge in [-0.2, -0.15) is 0 Å². The molecule has 1 aromatic rings. The van der Waals surface area contributed by atoms with E-state index in [1.807, 2.05) is 0 Å². The third-order valence-electron chi connectivity index (χ3n) is 5.93. The topological polar surface area (TPSA) is 134 Å². The smallest absolute Gasteiger partial charge is 0.336 e. The Labute approximate surface area is 190 Å². The average Bonchev–Trinajstić information content (AvgIpc) is 2.77. The Kier molecular flexibility index (Phi) is 7.27. The maximum absolute atomic E-state index is 13.6. The maximum Gasteiger partial charge on any atom is 0.336 e. The van der Waals surface area contributed by atoms with Crippen LogP contribution in [0.5, 0.6) is 0 Å². The number of ether oxygens (including phenoxy) is 3. The Bertz CT molecular complexity index is 1060. The van der Waals surface area contributed by atoms with Crippen molar-refractivity contribution in [2.45, 2.75) is 26.2 Å². The molecule has 2 aliphatic rings. The van der Waals surface area contributed by atoms with Crippen molar-refractivity contribution in [2.24, 2.45) is 11.8 Å². The highest BCUT2D eigenvalue weighted by molar-refractivity contribution is 6.12. The summed E-state index contributed by atoms with van der Waals surface area (Å²) < 4.78 is 15.1. The lowest BCUT2D eigenvalue weighted by atomic mass is 9.69. The lowest BCUT2D eigenvalue weighted by molar-refractivity contribution is -0.385. The first kappa shape index (κ1) is 24.1. The molecular weight excluding hydrogens is 432 g/mol. The van der Waals surface area contributed by atoms with Crippen LogP contribution in [-0.4, -0.2) is 50.1 Å². The summed E-state index contributed by atoms with van der Waals surface area (Å²) in [6, 6.07) is 5.93. The molecule has 33 heavy (non-hydrogen) atoms. The largest absolute Gasteiger partial charge is 0.468 e. The van der Waals surface area contributed by atoms with E-state index in [1.165, 1.54) is 32.4 Å². The molecule has 0 fully saturated rings. The summed E-state index contributed by atoms with van der Waals surface area (Å²) in [5.41, 5.74) is 1.10. The van der Waals surface area contributed by atoms with Crippen molar-refractivity contribution in [1.29, 1.82) is 0 Å². The Hall–Kier alpha value is -3.53. The summed E-state index contributed by atoms with van der Waals surface area (Å²) in [5, 5.41) is 14.9. The van der Waals surface area contributed by atoms with Crippen molar-refractivity contribution in [3.05, 3.63) is 62.5 Å². The first-order valence-electron chi connectivity index (χ1n) is 10.4. The third kappa shape index (κ3) is 4.51. The molecule has 3 rings (SSSR count). The molecule has 1 aliphatic carbocycles. The Balaban J connectivity index is 2.20. The lowest BCUT2D eigenvalue weighted by Gasteiger charge is -2.38. The van der Waals surface area contributed by atoms with Crippen LogP contribution in [0.2, 0.25) is 0 Å². The number of esters is 2. The van der Waals surface area contributed by atoms with Crippen molar-refractivity contribution in [3.8, 4) is 0 Å². The highest BCUT2D eigenvalue weighted by atomic mass is 16.6. The zero-order chi connectivity index (χ0) is 24.3. The molecule has 1 N–H and O–H groups in total. The summed E-state index contributed by atoms with van der Waals surface area (Å²) in [6.45, 7) is 3.55. The number of Topliss-reactive ketones (excluding diaryl/α,β-unsaturated/α-hetero) is 1. The van der Waals surface area contributed by atoms with Crippen LogP contribution in [0.25, 0.3) is 0 Å². The molecule has 0 aromatic heterocycles. The zero-order valence-electron chi connectivity index (χ0n) is 18.9. The van der Waals surface area contributed by atoms with Gasteiger partial charge in [-0.1, -0.05) is 25.1 Å². The van der Waals surface area contributed by atoms with Gasteiger partial charge in [-0.25, -0.2) is 4.79 Å². The normalized spacial score (nSPS) is 22.4. The number of carbonyl (C=O) groups excluding carboxylic acids is 3. The maximum atomic E-state index is 13.6. The van der Waals surface area contributed by atoms with Gasteiger partial charge in [0.25, 0.3) is 5.69 Å². The molecule has 10 nitrogen and oxygen atoms in total. The van der Waals surface area contributed by atoms with E-state index < -0.39 is 34.5 Å². The molecule has 3 unspecified atom stereocenters. The van der Waals surface area contributed by atoms with Gasteiger partial charge in [-0.3, -0.25) is 19.7 Å². The van der Waals surface area contributed by atoms with E-state index in [2.05, 4.69) is 5.32 Å². The van der Waals surface area contributed by atoms with Gasteiger partial charge in [-0.15, -0.1) is 0 Å². The molecule has 176 valence electrons. The van der Waals surface area contributed by atoms with Crippen LogP contribution in [0.15, 0.2) is 46.8 Å². The Morgan fingerprint density at radius 2 is 1.91 bits per heavy atom. The van der Waals surface area contributed by atoms with E-state index in [4.69, 9.17) is 14.2 Å². The van der Waals surface area contributed by atoms with E-state index in [-0.39, 0.29) is 41.5 Å². The second kappa shape index (κ2) is 9.95. The number of allylic oxidation sites excluding steroid dienone is 3. The minimum atomic E-state index is -1.08. The second-order valence-electron chi connectivity index (χ2n) is 7.98. The van der Waals surface area contributed by atoms with E-state index in [9.17, 15) is 24.5 Å². The summed E-state index contributed by atoms with van der Waals surface area (Å²) in [6.07, 6.45) is 0.335. The van der Waals surface area contributed by atoms with Gasteiger partial charge in [-0.05, 0) is 19.3 Å². The molecule has 0 bridgehead atoms. The summed E-state index contributed by atoms with van der Waals surface area (Å²) in [5.74, 6) is -4.45. The van der Waals surface area contributed by atoms with Crippen LogP contribution in [0.4, 0.5) is 5.69 Å². The number of dihydropyridines is 1. The van der Waals surface area contributed by atoms with Crippen molar-refractivity contribution >= 4 is 23.4 Å². The molecule has 0 saturated heterocycles. The molecule has 0 amide bonds. The third-order valence-corrected chi connectivity index (χ3v) is 5.93. The van der Waals surface area contributed by atoms with Gasteiger partial charge in [0.1, 0.15) is 12.5 Å². The molecular formula is C23H26N2O8. The second-order valence-corrected chi connectivity index (χ2v) is 7.98. The van der Waals surface area contributed by atoms with Gasteiger partial charge in [0.15, 0.2) is 5.78 Å². The zero-order valence-corrected chi connectivity index (χ0v) is 18.9. The number of para-hydroxylation sites is 1. The van der Waals surface area contributed by atoms with Crippen LogP contribution in [0, 0.1) is 22.0 Å². The van der Waals surface area contributed by atoms with Crippen molar-refractivity contribution in [1.82, 2.24) is 5.32 Å². The number of nitrogens with one attached hydrogen (secondary N) is 1.